The van der Waals surface area contributed by atoms with Gasteiger partial charge in [0.25, 0.3) is 0 Å². The number of piperazine rings is 1. The maximum Gasteiger partial charge on any atom is 0.0167 e. The van der Waals surface area contributed by atoms with Crippen molar-refractivity contribution in [3.05, 3.63) is 0 Å². The third-order valence-electron chi connectivity index (χ3n) is 3.78. The van der Waals surface area contributed by atoms with Gasteiger partial charge in [-0.2, -0.15) is 0 Å². The van der Waals surface area contributed by atoms with Gasteiger partial charge in [-0.3, -0.25) is 0 Å². The Morgan fingerprint density at radius 2 is 2.07 bits per heavy atom. The van der Waals surface area contributed by atoms with Crippen LogP contribution < -0.4 is 5.32 Å². The minimum Gasteiger partial charge on any atom is -0.312 e. The second kappa shape index (κ2) is 5.13. The summed E-state index contributed by atoms with van der Waals surface area (Å²) in [7, 11) is 0. The van der Waals surface area contributed by atoms with Crippen molar-refractivity contribution in [2.45, 2.75) is 45.1 Å². The van der Waals surface area contributed by atoms with E-state index in [1.54, 1.807) is 0 Å². The van der Waals surface area contributed by atoms with Crippen LogP contribution in [0.5, 0.6) is 0 Å². The molecule has 0 aromatic rings. The molecular formula is C12H24N2. The van der Waals surface area contributed by atoms with Crippen LogP contribution in [0.3, 0.4) is 0 Å². The summed E-state index contributed by atoms with van der Waals surface area (Å²) < 4.78 is 0. The molecule has 2 fully saturated rings. The van der Waals surface area contributed by atoms with Crippen LogP contribution in [0.25, 0.3) is 0 Å². The zero-order chi connectivity index (χ0) is 9.80. The van der Waals surface area contributed by atoms with Crippen LogP contribution in [0.4, 0.5) is 0 Å². The number of hydrogen-bond acceptors (Lipinski definition) is 2. The first-order valence-corrected chi connectivity index (χ1v) is 6.30. The van der Waals surface area contributed by atoms with Crippen LogP contribution in [0.1, 0.15) is 39.0 Å². The largest absolute Gasteiger partial charge is 0.312 e. The number of hydrogen-bond donors (Lipinski definition) is 1. The minimum atomic E-state index is 0.701. The molecule has 0 bridgehead atoms. The zero-order valence-electron chi connectivity index (χ0n) is 9.47. The summed E-state index contributed by atoms with van der Waals surface area (Å²) in [5.41, 5.74) is 0. The van der Waals surface area contributed by atoms with Crippen molar-refractivity contribution >= 4 is 0 Å². The lowest BCUT2D eigenvalue weighted by atomic mass is 10.0. The summed E-state index contributed by atoms with van der Waals surface area (Å²) in [4.78, 5) is 2.64. The molecule has 1 unspecified atom stereocenters. The van der Waals surface area contributed by atoms with Gasteiger partial charge in [0.2, 0.25) is 0 Å². The molecule has 1 N–H and O–H groups in total. The molecular weight excluding hydrogens is 172 g/mol. The summed E-state index contributed by atoms with van der Waals surface area (Å²) in [5, 5.41) is 3.50. The normalized spacial score (nSPS) is 31.1. The molecule has 2 heteroatoms. The SMILES string of the molecule is CC1CN(CCC2CCCC2)CCN1. The third kappa shape index (κ3) is 2.96. The van der Waals surface area contributed by atoms with Crippen molar-refractivity contribution in [1.29, 1.82) is 0 Å². The topological polar surface area (TPSA) is 15.3 Å². The third-order valence-corrected chi connectivity index (χ3v) is 3.78. The second-order valence-electron chi connectivity index (χ2n) is 5.09. The predicted molar refractivity (Wildman–Crippen MR) is 60.5 cm³/mol. The smallest absolute Gasteiger partial charge is 0.0167 e. The Labute approximate surface area is 88.1 Å². The van der Waals surface area contributed by atoms with Gasteiger partial charge >= 0.3 is 0 Å². The van der Waals surface area contributed by atoms with Crippen LogP contribution >= 0.6 is 0 Å². The Hall–Kier alpha value is -0.0800. The molecule has 0 spiro atoms. The van der Waals surface area contributed by atoms with Gasteiger partial charge in [0.1, 0.15) is 0 Å². The van der Waals surface area contributed by atoms with Crippen molar-refractivity contribution in [1.82, 2.24) is 10.2 Å². The highest BCUT2D eigenvalue weighted by Gasteiger charge is 2.19. The summed E-state index contributed by atoms with van der Waals surface area (Å²) in [6, 6.07) is 0.701. The molecule has 0 aromatic carbocycles. The standard InChI is InChI=1S/C12H24N2/c1-11-10-14(9-7-13-11)8-6-12-4-2-3-5-12/h11-13H,2-10H2,1H3. The molecule has 0 aromatic heterocycles. The van der Waals surface area contributed by atoms with E-state index < -0.39 is 0 Å². The van der Waals surface area contributed by atoms with E-state index >= 15 is 0 Å². The summed E-state index contributed by atoms with van der Waals surface area (Å²) >= 11 is 0. The Balaban J connectivity index is 1.64. The van der Waals surface area contributed by atoms with Gasteiger partial charge in [-0.15, -0.1) is 0 Å². The summed E-state index contributed by atoms with van der Waals surface area (Å²) in [6.45, 7) is 7.34. The van der Waals surface area contributed by atoms with Gasteiger partial charge in [0, 0.05) is 25.7 Å². The Morgan fingerprint density at radius 1 is 1.29 bits per heavy atom. The van der Waals surface area contributed by atoms with Crippen molar-refractivity contribution in [3.63, 3.8) is 0 Å². The number of nitrogens with one attached hydrogen (secondary N) is 1. The lowest BCUT2D eigenvalue weighted by Crippen LogP contribution is -2.49. The van der Waals surface area contributed by atoms with Crippen molar-refractivity contribution < 1.29 is 0 Å². The van der Waals surface area contributed by atoms with Crippen LogP contribution in [-0.2, 0) is 0 Å². The highest BCUT2D eigenvalue weighted by Crippen LogP contribution is 2.27. The molecule has 1 saturated carbocycles. The van der Waals surface area contributed by atoms with Crippen LogP contribution in [0, 0.1) is 5.92 Å². The van der Waals surface area contributed by atoms with Crippen LogP contribution in [0.2, 0.25) is 0 Å². The average molecular weight is 196 g/mol. The molecule has 1 aliphatic carbocycles. The molecule has 1 saturated heterocycles. The van der Waals surface area contributed by atoms with Gasteiger partial charge in [-0.1, -0.05) is 25.7 Å². The zero-order valence-corrected chi connectivity index (χ0v) is 9.47. The fourth-order valence-corrected chi connectivity index (χ4v) is 2.88. The first-order chi connectivity index (χ1) is 6.84. The quantitative estimate of drug-likeness (QED) is 0.741. The van der Waals surface area contributed by atoms with Crippen molar-refractivity contribution in [2.24, 2.45) is 5.92 Å². The highest BCUT2D eigenvalue weighted by atomic mass is 15.2. The highest BCUT2D eigenvalue weighted by molar-refractivity contribution is 4.76. The van der Waals surface area contributed by atoms with E-state index in [4.69, 9.17) is 0 Å². The van der Waals surface area contributed by atoms with E-state index in [0.717, 1.165) is 5.92 Å². The molecule has 2 rings (SSSR count). The van der Waals surface area contributed by atoms with Gasteiger partial charge in [-0.05, 0) is 25.8 Å². The fraction of sp³-hybridized carbons (Fsp3) is 1.00. The van der Waals surface area contributed by atoms with Crippen LogP contribution in [-0.4, -0.2) is 37.1 Å². The van der Waals surface area contributed by atoms with E-state index in [1.807, 2.05) is 0 Å². The first-order valence-electron chi connectivity index (χ1n) is 6.30. The van der Waals surface area contributed by atoms with Gasteiger partial charge in [-0.25, -0.2) is 0 Å². The minimum absolute atomic E-state index is 0.701. The summed E-state index contributed by atoms with van der Waals surface area (Å²) in [6.07, 6.45) is 7.43. The van der Waals surface area contributed by atoms with E-state index in [9.17, 15) is 0 Å². The molecule has 0 amide bonds. The van der Waals surface area contributed by atoms with E-state index in [0.29, 0.717) is 6.04 Å². The van der Waals surface area contributed by atoms with Gasteiger partial charge < -0.3 is 10.2 Å². The molecule has 1 atom stereocenters. The molecule has 2 aliphatic rings. The summed E-state index contributed by atoms with van der Waals surface area (Å²) in [5.74, 6) is 1.06. The van der Waals surface area contributed by atoms with Crippen LogP contribution in [0.15, 0.2) is 0 Å². The molecule has 14 heavy (non-hydrogen) atoms. The second-order valence-corrected chi connectivity index (χ2v) is 5.09. The average Bonchev–Trinajstić information content (AvgIpc) is 2.67. The maximum atomic E-state index is 3.50. The number of nitrogens with zero attached hydrogens (tertiary/aromatic N) is 1. The fourth-order valence-electron chi connectivity index (χ4n) is 2.88. The molecule has 1 aliphatic heterocycles. The first kappa shape index (κ1) is 10.4. The van der Waals surface area contributed by atoms with Gasteiger partial charge in [0.05, 0.1) is 0 Å². The predicted octanol–water partition coefficient (Wildman–Crippen LogP) is 1.86. The molecule has 82 valence electrons. The lowest BCUT2D eigenvalue weighted by molar-refractivity contribution is 0.194. The van der Waals surface area contributed by atoms with E-state index in [-0.39, 0.29) is 0 Å². The van der Waals surface area contributed by atoms with E-state index in [1.165, 1.54) is 58.3 Å². The van der Waals surface area contributed by atoms with Gasteiger partial charge in [0.15, 0.2) is 0 Å². The van der Waals surface area contributed by atoms with Crippen molar-refractivity contribution in [3.8, 4) is 0 Å². The lowest BCUT2D eigenvalue weighted by Gasteiger charge is -2.32. The Morgan fingerprint density at radius 3 is 2.79 bits per heavy atom. The van der Waals surface area contributed by atoms with Crippen molar-refractivity contribution in [2.75, 3.05) is 26.2 Å². The Bertz CT molecular complexity index is 164. The maximum absolute atomic E-state index is 3.50. The monoisotopic (exact) mass is 196 g/mol. The number of rotatable bonds is 3. The molecule has 2 nitrogen and oxygen atoms in total. The Kier molecular flexibility index (Phi) is 3.82. The molecule has 1 heterocycles. The van der Waals surface area contributed by atoms with E-state index in [2.05, 4.69) is 17.1 Å². The molecule has 0 radical (unpaired) electrons.